The smallest absolute Gasteiger partial charge is 0.335 e. The van der Waals surface area contributed by atoms with Gasteiger partial charge in [0.1, 0.15) is 0 Å². The van der Waals surface area contributed by atoms with Crippen molar-refractivity contribution < 1.29 is 20.1 Å². The van der Waals surface area contributed by atoms with Crippen LogP contribution in [0.25, 0.3) is 0 Å². The van der Waals surface area contributed by atoms with Gasteiger partial charge in [-0.25, -0.2) is 4.79 Å². The Morgan fingerprint density at radius 1 is 1.00 bits per heavy atom. The van der Waals surface area contributed by atoms with Gasteiger partial charge in [0.15, 0.2) is 6.10 Å². The summed E-state index contributed by atoms with van der Waals surface area (Å²) in [6.07, 6.45) is 5.42. The Bertz CT molecular complexity index is 182. The minimum absolute atomic E-state index is 0.362. The average molecular weight is 232 g/mol. The van der Waals surface area contributed by atoms with Crippen LogP contribution in [0, 0.1) is 0 Å². The van der Waals surface area contributed by atoms with Crippen molar-refractivity contribution in [1.29, 1.82) is 0 Å². The number of rotatable bonds is 10. The molecular weight excluding hydrogens is 208 g/mol. The van der Waals surface area contributed by atoms with Crippen LogP contribution in [-0.2, 0) is 4.79 Å². The van der Waals surface area contributed by atoms with Crippen LogP contribution in [0.3, 0.4) is 0 Å². The number of hydrogen-bond acceptors (Lipinski definition) is 3. The zero-order valence-corrected chi connectivity index (χ0v) is 10.1. The normalized spacial score (nSPS) is 14.7. The van der Waals surface area contributed by atoms with E-state index in [2.05, 4.69) is 6.92 Å². The summed E-state index contributed by atoms with van der Waals surface area (Å²) in [5, 5.41) is 26.8. The molecule has 2 atom stereocenters. The number of carboxylic acids is 1. The van der Waals surface area contributed by atoms with E-state index in [9.17, 15) is 9.90 Å². The molecule has 96 valence electrons. The highest BCUT2D eigenvalue weighted by atomic mass is 16.4. The van der Waals surface area contributed by atoms with Crippen LogP contribution in [0.1, 0.15) is 58.3 Å². The van der Waals surface area contributed by atoms with Gasteiger partial charge in [0.2, 0.25) is 0 Å². The molecular formula is C12H24O4. The molecule has 0 aromatic rings. The molecule has 16 heavy (non-hydrogen) atoms. The average Bonchev–Trinajstić information content (AvgIpc) is 2.26. The van der Waals surface area contributed by atoms with Gasteiger partial charge in [0.05, 0.1) is 6.10 Å². The Balaban J connectivity index is 3.34. The molecule has 0 radical (unpaired) electrons. The van der Waals surface area contributed by atoms with E-state index < -0.39 is 18.2 Å². The first-order valence-electron chi connectivity index (χ1n) is 6.18. The van der Waals surface area contributed by atoms with E-state index in [1.807, 2.05) is 0 Å². The molecule has 0 heterocycles. The van der Waals surface area contributed by atoms with Crippen molar-refractivity contribution >= 4 is 5.97 Å². The van der Waals surface area contributed by atoms with Crippen molar-refractivity contribution in [3.8, 4) is 0 Å². The first kappa shape index (κ1) is 15.4. The van der Waals surface area contributed by atoms with Gasteiger partial charge in [-0.2, -0.15) is 0 Å². The van der Waals surface area contributed by atoms with Gasteiger partial charge in [0, 0.05) is 0 Å². The number of unbranched alkanes of at least 4 members (excludes halogenated alkanes) is 6. The maximum Gasteiger partial charge on any atom is 0.335 e. The van der Waals surface area contributed by atoms with E-state index >= 15 is 0 Å². The van der Waals surface area contributed by atoms with E-state index in [0.29, 0.717) is 6.42 Å². The van der Waals surface area contributed by atoms with Gasteiger partial charge in [-0.1, -0.05) is 51.9 Å². The number of hydrogen-bond donors (Lipinski definition) is 3. The second kappa shape index (κ2) is 9.60. The third-order valence-electron chi connectivity index (χ3n) is 2.72. The molecule has 0 spiro atoms. The fourth-order valence-electron chi connectivity index (χ4n) is 1.63. The fraction of sp³-hybridized carbons (Fsp3) is 0.917. The second-order valence-electron chi connectivity index (χ2n) is 4.26. The van der Waals surface area contributed by atoms with E-state index in [-0.39, 0.29) is 0 Å². The summed E-state index contributed by atoms with van der Waals surface area (Å²) in [5.41, 5.74) is 0. The van der Waals surface area contributed by atoms with Crippen molar-refractivity contribution in [3.05, 3.63) is 0 Å². The van der Waals surface area contributed by atoms with E-state index in [4.69, 9.17) is 10.2 Å². The highest BCUT2D eigenvalue weighted by Crippen LogP contribution is 2.11. The third-order valence-corrected chi connectivity index (χ3v) is 2.72. The zero-order valence-electron chi connectivity index (χ0n) is 10.1. The van der Waals surface area contributed by atoms with Gasteiger partial charge in [-0.05, 0) is 6.42 Å². The predicted octanol–water partition coefficient (Wildman–Crippen LogP) is 1.93. The quantitative estimate of drug-likeness (QED) is 0.503. The Kier molecular flexibility index (Phi) is 9.24. The van der Waals surface area contributed by atoms with Gasteiger partial charge in [-0.3, -0.25) is 0 Å². The fourth-order valence-corrected chi connectivity index (χ4v) is 1.63. The van der Waals surface area contributed by atoms with Crippen molar-refractivity contribution in [1.82, 2.24) is 0 Å². The predicted molar refractivity (Wildman–Crippen MR) is 62.3 cm³/mol. The van der Waals surface area contributed by atoms with Gasteiger partial charge in [0.25, 0.3) is 0 Å². The van der Waals surface area contributed by atoms with Crippen molar-refractivity contribution in [2.45, 2.75) is 70.5 Å². The van der Waals surface area contributed by atoms with Crippen LogP contribution >= 0.6 is 0 Å². The molecule has 0 aromatic heterocycles. The molecule has 0 aliphatic carbocycles. The highest BCUT2D eigenvalue weighted by molar-refractivity contribution is 5.72. The molecule has 0 bridgehead atoms. The summed E-state index contributed by atoms with van der Waals surface area (Å²) in [4.78, 5) is 10.3. The number of aliphatic carboxylic acids is 1. The Labute approximate surface area is 97.3 Å². The number of aliphatic hydroxyl groups excluding tert-OH is 2. The molecule has 0 fully saturated rings. The first-order valence-corrected chi connectivity index (χ1v) is 6.18. The van der Waals surface area contributed by atoms with Crippen LogP contribution in [0.15, 0.2) is 0 Å². The highest BCUT2D eigenvalue weighted by Gasteiger charge is 2.22. The molecule has 0 rings (SSSR count). The largest absolute Gasteiger partial charge is 0.479 e. The lowest BCUT2D eigenvalue weighted by Gasteiger charge is -2.13. The summed E-state index contributed by atoms with van der Waals surface area (Å²) in [6, 6.07) is 0. The van der Waals surface area contributed by atoms with E-state index in [1.54, 1.807) is 0 Å². The first-order chi connectivity index (χ1) is 7.59. The third kappa shape index (κ3) is 7.65. The minimum Gasteiger partial charge on any atom is -0.479 e. The van der Waals surface area contributed by atoms with E-state index in [0.717, 1.165) is 19.3 Å². The minimum atomic E-state index is -1.64. The molecule has 0 amide bonds. The van der Waals surface area contributed by atoms with Crippen LogP contribution < -0.4 is 0 Å². The van der Waals surface area contributed by atoms with Crippen LogP contribution in [-0.4, -0.2) is 33.5 Å². The SMILES string of the molecule is CCCCCCCCC[C@H](O)[C@@H](O)C(=O)O. The molecule has 3 N–H and O–H groups in total. The lowest BCUT2D eigenvalue weighted by molar-refractivity contribution is -0.153. The summed E-state index contributed by atoms with van der Waals surface area (Å²) in [5.74, 6) is -1.35. The molecule has 0 saturated heterocycles. The van der Waals surface area contributed by atoms with Gasteiger partial charge in [-0.15, -0.1) is 0 Å². The molecule has 0 saturated carbocycles. The summed E-state index contributed by atoms with van der Waals surface area (Å²) in [6.45, 7) is 2.17. The van der Waals surface area contributed by atoms with Gasteiger partial charge < -0.3 is 15.3 Å². The van der Waals surface area contributed by atoms with Crippen LogP contribution in [0.2, 0.25) is 0 Å². The lowest BCUT2D eigenvalue weighted by atomic mass is 10.0. The summed E-state index contributed by atoms with van der Waals surface area (Å²) in [7, 11) is 0. The van der Waals surface area contributed by atoms with Gasteiger partial charge >= 0.3 is 5.97 Å². The standard InChI is InChI=1S/C12H24O4/c1-2-3-4-5-6-7-8-9-10(13)11(14)12(15)16/h10-11,13-14H,2-9H2,1H3,(H,15,16)/t10-,11+/m0/s1. The Hall–Kier alpha value is -0.610. The molecule has 4 nitrogen and oxygen atoms in total. The molecule has 0 aromatic carbocycles. The topological polar surface area (TPSA) is 77.8 Å². The van der Waals surface area contributed by atoms with Crippen LogP contribution in [0.4, 0.5) is 0 Å². The number of carbonyl (C=O) groups is 1. The molecule has 4 heteroatoms. The van der Waals surface area contributed by atoms with Crippen molar-refractivity contribution in [2.75, 3.05) is 0 Å². The Morgan fingerprint density at radius 2 is 1.50 bits per heavy atom. The summed E-state index contributed by atoms with van der Waals surface area (Å²) < 4.78 is 0. The Morgan fingerprint density at radius 3 is 2.00 bits per heavy atom. The number of carboxylic acid groups (broad SMARTS) is 1. The van der Waals surface area contributed by atoms with E-state index in [1.165, 1.54) is 25.7 Å². The summed E-state index contributed by atoms with van der Waals surface area (Å²) >= 11 is 0. The molecule has 0 aliphatic rings. The monoisotopic (exact) mass is 232 g/mol. The van der Waals surface area contributed by atoms with Crippen molar-refractivity contribution in [3.63, 3.8) is 0 Å². The van der Waals surface area contributed by atoms with Crippen molar-refractivity contribution in [2.24, 2.45) is 0 Å². The number of aliphatic hydroxyl groups is 2. The lowest BCUT2D eigenvalue weighted by Crippen LogP contribution is -2.33. The zero-order chi connectivity index (χ0) is 12.4. The molecule has 0 unspecified atom stereocenters. The molecule has 0 aliphatic heterocycles. The maximum atomic E-state index is 10.3. The van der Waals surface area contributed by atoms with Crippen LogP contribution in [0.5, 0.6) is 0 Å². The maximum absolute atomic E-state index is 10.3. The second-order valence-corrected chi connectivity index (χ2v) is 4.26.